The highest BCUT2D eigenvalue weighted by Crippen LogP contribution is 2.19. The highest BCUT2D eigenvalue weighted by atomic mass is 16.2. The molecule has 0 atom stereocenters. The minimum atomic E-state index is -0.354. The molecule has 0 saturated heterocycles. The molecular formula is C18H20N6O2. The third-order valence-corrected chi connectivity index (χ3v) is 4.72. The van der Waals surface area contributed by atoms with E-state index in [1.54, 1.807) is 22.7 Å². The molecule has 0 spiro atoms. The summed E-state index contributed by atoms with van der Waals surface area (Å²) in [5.41, 5.74) is 2.35. The molecule has 3 aromatic heterocycles. The van der Waals surface area contributed by atoms with Crippen molar-refractivity contribution in [2.45, 2.75) is 38.6 Å². The number of nitrogens with zero attached hydrogens (tertiary/aromatic N) is 5. The first-order valence-corrected chi connectivity index (χ1v) is 8.86. The molecule has 4 rings (SSSR count). The van der Waals surface area contributed by atoms with Gasteiger partial charge in [-0.15, -0.1) is 10.2 Å². The van der Waals surface area contributed by atoms with E-state index in [4.69, 9.17) is 0 Å². The Morgan fingerprint density at radius 1 is 1.27 bits per heavy atom. The number of carbonyl (C=O) groups is 1. The average Bonchev–Trinajstić information content (AvgIpc) is 3.16. The van der Waals surface area contributed by atoms with Gasteiger partial charge in [0.15, 0.2) is 5.65 Å². The van der Waals surface area contributed by atoms with Crippen molar-refractivity contribution in [3.8, 4) is 0 Å². The molecule has 1 N–H and O–H groups in total. The van der Waals surface area contributed by atoms with E-state index in [-0.39, 0.29) is 23.7 Å². The summed E-state index contributed by atoms with van der Waals surface area (Å²) in [4.78, 5) is 29.4. The molecule has 0 radical (unpaired) electrons. The first-order chi connectivity index (χ1) is 12.7. The van der Waals surface area contributed by atoms with Gasteiger partial charge < -0.3 is 5.32 Å². The summed E-state index contributed by atoms with van der Waals surface area (Å²) in [6.45, 7) is 0.520. The fourth-order valence-corrected chi connectivity index (χ4v) is 3.40. The number of pyridine rings is 1. The van der Waals surface area contributed by atoms with Crippen molar-refractivity contribution in [3.63, 3.8) is 0 Å². The minimum Gasteiger partial charge on any atom is -0.354 e. The van der Waals surface area contributed by atoms with Crippen LogP contribution in [0.15, 0.2) is 41.1 Å². The van der Waals surface area contributed by atoms with Gasteiger partial charge in [-0.1, -0.05) is 11.6 Å². The number of rotatable bonds is 5. The second-order valence-corrected chi connectivity index (χ2v) is 6.47. The second kappa shape index (κ2) is 7.07. The summed E-state index contributed by atoms with van der Waals surface area (Å²) in [5, 5.41) is 10.6. The monoisotopic (exact) mass is 352 g/mol. The Morgan fingerprint density at radius 3 is 3.04 bits per heavy atom. The van der Waals surface area contributed by atoms with Crippen LogP contribution in [0.2, 0.25) is 0 Å². The highest BCUT2D eigenvalue weighted by Gasteiger charge is 2.15. The Hall–Kier alpha value is -3.03. The van der Waals surface area contributed by atoms with E-state index in [1.807, 2.05) is 0 Å². The lowest BCUT2D eigenvalue weighted by Gasteiger charge is -2.14. The quantitative estimate of drug-likeness (QED) is 0.701. The maximum absolute atomic E-state index is 12.7. The van der Waals surface area contributed by atoms with Crippen LogP contribution in [0, 0.1) is 0 Å². The van der Waals surface area contributed by atoms with Gasteiger partial charge in [-0.25, -0.2) is 4.98 Å². The largest absolute Gasteiger partial charge is 0.354 e. The predicted octanol–water partition coefficient (Wildman–Crippen LogP) is 1.45. The molecule has 1 aliphatic rings. The molecule has 8 heteroatoms. The number of amides is 1. The van der Waals surface area contributed by atoms with Gasteiger partial charge in [-0.05, 0) is 44.2 Å². The van der Waals surface area contributed by atoms with Gasteiger partial charge in [-0.2, -0.15) is 0 Å². The van der Waals surface area contributed by atoms with Crippen LogP contribution in [0.25, 0.3) is 16.8 Å². The Labute approximate surface area is 149 Å². The van der Waals surface area contributed by atoms with Crippen molar-refractivity contribution in [2.24, 2.45) is 0 Å². The zero-order valence-electron chi connectivity index (χ0n) is 14.4. The second-order valence-electron chi connectivity index (χ2n) is 6.47. The van der Waals surface area contributed by atoms with Gasteiger partial charge in [0.1, 0.15) is 12.9 Å². The predicted molar refractivity (Wildman–Crippen MR) is 96.7 cm³/mol. The van der Waals surface area contributed by atoms with Crippen molar-refractivity contribution in [2.75, 3.05) is 6.54 Å². The van der Waals surface area contributed by atoms with E-state index in [1.165, 1.54) is 29.3 Å². The molecular weight excluding hydrogens is 332 g/mol. The molecule has 3 aromatic rings. The molecule has 0 bridgehead atoms. The van der Waals surface area contributed by atoms with Crippen LogP contribution in [0.5, 0.6) is 0 Å². The average molecular weight is 352 g/mol. The van der Waals surface area contributed by atoms with Crippen LogP contribution in [0.3, 0.4) is 0 Å². The van der Waals surface area contributed by atoms with E-state index in [0.717, 1.165) is 19.3 Å². The molecule has 26 heavy (non-hydrogen) atoms. The van der Waals surface area contributed by atoms with Crippen LogP contribution in [0.4, 0.5) is 0 Å². The smallest absolute Gasteiger partial charge is 0.297 e. The summed E-state index contributed by atoms with van der Waals surface area (Å²) >= 11 is 0. The number of hydrogen-bond donors (Lipinski definition) is 1. The molecule has 1 aliphatic carbocycles. The molecule has 1 amide bonds. The zero-order valence-corrected chi connectivity index (χ0v) is 14.4. The van der Waals surface area contributed by atoms with Crippen molar-refractivity contribution in [3.05, 3.63) is 46.7 Å². The fourth-order valence-electron chi connectivity index (χ4n) is 3.40. The third kappa shape index (κ3) is 3.10. The highest BCUT2D eigenvalue weighted by molar-refractivity contribution is 5.80. The van der Waals surface area contributed by atoms with E-state index in [9.17, 15) is 9.59 Å². The maximum Gasteiger partial charge on any atom is 0.297 e. The van der Waals surface area contributed by atoms with Crippen LogP contribution in [-0.4, -0.2) is 36.6 Å². The van der Waals surface area contributed by atoms with Gasteiger partial charge in [0.25, 0.3) is 5.56 Å². The molecule has 0 fully saturated rings. The topological polar surface area (TPSA) is 94.2 Å². The first-order valence-electron chi connectivity index (χ1n) is 8.86. The van der Waals surface area contributed by atoms with E-state index in [0.29, 0.717) is 17.7 Å². The lowest BCUT2D eigenvalue weighted by atomic mass is 9.97. The number of aromatic nitrogens is 5. The van der Waals surface area contributed by atoms with Crippen LogP contribution in [-0.2, 0) is 11.3 Å². The molecule has 0 unspecified atom stereocenters. The van der Waals surface area contributed by atoms with Crippen molar-refractivity contribution < 1.29 is 4.79 Å². The number of hydrogen-bond acceptors (Lipinski definition) is 5. The van der Waals surface area contributed by atoms with Gasteiger partial charge in [0.05, 0.1) is 5.52 Å². The summed E-state index contributed by atoms with van der Waals surface area (Å²) in [6.07, 6.45) is 11.0. The third-order valence-electron chi connectivity index (χ3n) is 4.72. The number of carbonyl (C=O) groups excluding carboxylic acids is 1. The number of allylic oxidation sites excluding steroid dienone is 1. The number of fused-ring (bicyclic) bond motifs is 3. The van der Waals surface area contributed by atoms with Crippen LogP contribution in [0.1, 0.15) is 32.1 Å². The van der Waals surface area contributed by atoms with Crippen molar-refractivity contribution in [1.29, 1.82) is 0 Å². The molecule has 134 valence electrons. The van der Waals surface area contributed by atoms with Crippen LogP contribution < -0.4 is 10.9 Å². The standard InChI is InChI=1S/C18H20N6O2/c25-15(19-10-8-13-5-2-1-3-6-13)11-23-14-7-4-9-20-16(14)24-12-21-22-17(24)18(23)26/h4-5,7,9,12H,1-3,6,8,10-11H2,(H,19,25). The lowest BCUT2D eigenvalue weighted by Crippen LogP contribution is -2.34. The van der Waals surface area contributed by atoms with Gasteiger partial charge in [0, 0.05) is 12.7 Å². The Balaban J connectivity index is 1.54. The van der Waals surface area contributed by atoms with Gasteiger partial charge >= 0.3 is 0 Å². The van der Waals surface area contributed by atoms with E-state index >= 15 is 0 Å². The van der Waals surface area contributed by atoms with E-state index in [2.05, 4.69) is 26.6 Å². The molecule has 3 heterocycles. The van der Waals surface area contributed by atoms with Gasteiger partial charge in [0.2, 0.25) is 11.6 Å². The SMILES string of the molecule is O=C(Cn1c(=O)c2nncn2c2ncccc21)NCCC1=CCCCC1. The van der Waals surface area contributed by atoms with E-state index < -0.39 is 0 Å². The minimum absolute atomic E-state index is 0.0660. The maximum atomic E-state index is 12.7. The first kappa shape index (κ1) is 16.4. The van der Waals surface area contributed by atoms with Crippen molar-refractivity contribution in [1.82, 2.24) is 29.5 Å². The van der Waals surface area contributed by atoms with Crippen LogP contribution >= 0.6 is 0 Å². The molecule has 0 aliphatic heterocycles. The fraction of sp³-hybridized carbons (Fsp3) is 0.389. The molecule has 0 aromatic carbocycles. The summed E-state index contributed by atoms with van der Waals surface area (Å²) < 4.78 is 2.95. The summed E-state index contributed by atoms with van der Waals surface area (Å²) in [7, 11) is 0. The lowest BCUT2D eigenvalue weighted by molar-refractivity contribution is -0.121. The molecule has 0 saturated carbocycles. The zero-order chi connectivity index (χ0) is 17.9. The van der Waals surface area contributed by atoms with Gasteiger partial charge in [-0.3, -0.25) is 18.6 Å². The Bertz CT molecular complexity index is 1050. The number of nitrogens with one attached hydrogen (secondary N) is 1. The molecule has 8 nitrogen and oxygen atoms in total. The van der Waals surface area contributed by atoms with Crippen molar-refractivity contribution >= 4 is 22.7 Å². The Morgan fingerprint density at radius 2 is 2.19 bits per heavy atom. The Kier molecular flexibility index (Phi) is 4.47. The summed E-state index contributed by atoms with van der Waals surface area (Å²) in [5.74, 6) is -0.197. The summed E-state index contributed by atoms with van der Waals surface area (Å²) in [6, 6.07) is 3.51. The normalized spacial score (nSPS) is 14.5.